The number of hydrogen-bond donors (Lipinski definition) is 1. The van der Waals surface area contributed by atoms with E-state index in [1.807, 2.05) is 17.8 Å². The van der Waals surface area contributed by atoms with Gasteiger partial charge in [0.1, 0.15) is 0 Å². The molecule has 0 spiro atoms. The molecule has 0 saturated carbocycles. The van der Waals surface area contributed by atoms with Gasteiger partial charge in [-0.3, -0.25) is 4.68 Å². The van der Waals surface area contributed by atoms with E-state index in [2.05, 4.69) is 11.3 Å². The second kappa shape index (κ2) is 4.77. The summed E-state index contributed by atoms with van der Waals surface area (Å²) in [4.78, 5) is 0. The predicted octanol–water partition coefficient (Wildman–Crippen LogP) is 1.33. The van der Waals surface area contributed by atoms with Crippen LogP contribution in [0.2, 0.25) is 0 Å². The minimum absolute atomic E-state index is 0.0773. The highest BCUT2D eigenvalue weighted by Gasteiger charge is 2.15. The Morgan fingerprint density at radius 3 is 2.93 bits per heavy atom. The van der Waals surface area contributed by atoms with Crippen LogP contribution in [0.4, 0.5) is 0 Å². The normalized spacial score (nSPS) is 20.4. The van der Waals surface area contributed by atoms with Crippen LogP contribution >= 0.6 is 0 Å². The van der Waals surface area contributed by atoms with Crippen molar-refractivity contribution in [3.63, 3.8) is 0 Å². The maximum Gasteiger partial charge on any atom is 0.0537 e. The standard InChI is InChI=1S/C11H19N3O/c1-9(12)11-6-13-14(8-11)7-10-2-4-15-5-3-10/h6,8-10H,2-5,7,12H2,1H3/t9-/m0/s1. The lowest BCUT2D eigenvalue weighted by Gasteiger charge is -2.21. The van der Waals surface area contributed by atoms with Crippen LogP contribution in [0.3, 0.4) is 0 Å². The van der Waals surface area contributed by atoms with E-state index in [4.69, 9.17) is 10.5 Å². The first-order valence-corrected chi connectivity index (χ1v) is 5.61. The maximum absolute atomic E-state index is 5.79. The molecule has 1 fully saturated rings. The van der Waals surface area contributed by atoms with Crippen molar-refractivity contribution in [2.75, 3.05) is 13.2 Å². The number of nitrogens with two attached hydrogens (primary N) is 1. The molecule has 2 N–H and O–H groups in total. The second-order valence-electron chi connectivity index (χ2n) is 4.34. The summed E-state index contributed by atoms with van der Waals surface area (Å²) in [5.41, 5.74) is 6.90. The van der Waals surface area contributed by atoms with Crippen molar-refractivity contribution < 1.29 is 4.74 Å². The fourth-order valence-corrected chi connectivity index (χ4v) is 1.91. The summed E-state index contributed by atoms with van der Waals surface area (Å²) in [5, 5.41) is 4.33. The van der Waals surface area contributed by atoms with Crippen LogP contribution in [0.1, 0.15) is 31.4 Å². The third-order valence-corrected chi connectivity index (χ3v) is 2.97. The molecule has 2 heterocycles. The molecule has 0 aromatic carbocycles. The van der Waals surface area contributed by atoms with E-state index in [1.165, 1.54) is 0 Å². The Balaban J connectivity index is 1.91. The average Bonchev–Trinajstić information content (AvgIpc) is 2.68. The van der Waals surface area contributed by atoms with Gasteiger partial charge in [0.05, 0.1) is 6.20 Å². The van der Waals surface area contributed by atoms with E-state index in [0.29, 0.717) is 5.92 Å². The average molecular weight is 209 g/mol. The topological polar surface area (TPSA) is 53.1 Å². The van der Waals surface area contributed by atoms with Gasteiger partial charge in [-0.25, -0.2) is 0 Å². The summed E-state index contributed by atoms with van der Waals surface area (Å²) in [7, 11) is 0. The van der Waals surface area contributed by atoms with Gasteiger partial charge in [-0.2, -0.15) is 5.10 Å². The molecule has 0 amide bonds. The third kappa shape index (κ3) is 2.79. The van der Waals surface area contributed by atoms with Crippen LogP contribution in [0.25, 0.3) is 0 Å². The van der Waals surface area contributed by atoms with E-state index in [-0.39, 0.29) is 6.04 Å². The largest absolute Gasteiger partial charge is 0.381 e. The number of nitrogens with zero attached hydrogens (tertiary/aromatic N) is 2. The van der Waals surface area contributed by atoms with Crippen LogP contribution in [-0.2, 0) is 11.3 Å². The zero-order chi connectivity index (χ0) is 10.7. The molecule has 1 aromatic rings. The third-order valence-electron chi connectivity index (χ3n) is 2.97. The van der Waals surface area contributed by atoms with Gasteiger partial charge >= 0.3 is 0 Å². The highest BCUT2D eigenvalue weighted by atomic mass is 16.5. The first-order valence-electron chi connectivity index (χ1n) is 5.61. The van der Waals surface area contributed by atoms with E-state index in [1.54, 1.807) is 0 Å². The van der Waals surface area contributed by atoms with Crippen LogP contribution in [0.5, 0.6) is 0 Å². The number of ether oxygens (including phenoxy) is 1. The quantitative estimate of drug-likeness (QED) is 0.817. The van der Waals surface area contributed by atoms with Crippen molar-refractivity contribution in [2.24, 2.45) is 11.7 Å². The number of hydrogen-bond acceptors (Lipinski definition) is 3. The van der Waals surface area contributed by atoms with E-state index in [9.17, 15) is 0 Å². The van der Waals surface area contributed by atoms with E-state index < -0.39 is 0 Å². The fraction of sp³-hybridized carbons (Fsp3) is 0.727. The molecule has 4 nitrogen and oxygen atoms in total. The van der Waals surface area contributed by atoms with Crippen LogP contribution in [0.15, 0.2) is 12.4 Å². The van der Waals surface area contributed by atoms with Gasteiger partial charge in [0.15, 0.2) is 0 Å². The highest BCUT2D eigenvalue weighted by molar-refractivity contribution is 5.08. The van der Waals surface area contributed by atoms with Crippen molar-refractivity contribution in [3.05, 3.63) is 18.0 Å². The monoisotopic (exact) mass is 209 g/mol. The summed E-state index contributed by atoms with van der Waals surface area (Å²) < 4.78 is 7.34. The Bertz CT molecular complexity index is 303. The SMILES string of the molecule is C[C@H](N)c1cnn(CC2CCOCC2)c1. The molecule has 15 heavy (non-hydrogen) atoms. The van der Waals surface area contributed by atoms with Crippen LogP contribution in [-0.4, -0.2) is 23.0 Å². The summed E-state index contributed by atoms with van der Waals surface area (Å²) in [5.74, 6) is 0.708. The molecule has 1 atom stereocenters. The Kier molecular flexibility index (Phi) is 3.38. The zero-order valence-electron chi connectivity index (χ0n) is 9.22. The molecule has 0 bridgehead atoms. The molecular formula is C11H19N3O. The Morgan fingerprint density at radius 1 is 1.60 bits per heavy atom. The van der Waals surface area contributed by atoms with Gasteiger partial charge in [0, 0.05) is 37.6 Å². The Labute approximate surface area is 90.4 Å². The van der Waals surface area contributed by atoms with Gasteiger partial charge in [0.25, 0.3) is 0 Å². The van der Waals surface area contributed by atoms with Crippen LogP contribution in [0, 0.1) is 5.92 Å². The molecule has 2 rings (SSSR count). The van der Waals surface area contributed by atoms with Gasteiger partial charge in [0.2, 0.25) is 0 Å². The maximum atomic E-state index is 5.79. The summed E-state index contributed by atoms with van der Waals surface area (Å²) in [6, 6.07) is 0.0773. The lowest BCUT2D eigenvalue weighted by molar-refractivity contribution is 0.0601. The Morgan fingerprint density at radius 2 is 2.33 bits per heavy atom. The van der Waals surface area contributed by atoms with Gasteiger partial charge in [-0.1, -0.05) is 0 Å². The second-order valence-corrected chi connectivity index (χ2v) is 4.34. The van der Waals surface area contributed by atoms with Crippen molar-refractivity contribution in [1.82, 2.24) is 9.78 Å². The Hall–Kier alpha value is -0.870. The minimum Gasteiger partial charge on any atom is -0.381 e. The minimum atomic E-state index is 0.0773. The van der Waals surface area contributed by atoms with Crippen molar-refractivity contribution >= 4 is 0 Å². The summed E-state index contributed by atoms with van der Waals surface area (Å²) >= 11 is 0. The molecule has 1 aliphatic heterocycles. The van der Waals surface area contributed by atoms with Crippen molar-refractivity contribution in [2.45, 2.75) is 32.4 Å². The molecule has 0 radical (unpaired) electrons. The molecule has 0 aliphatic carbocycles. The lowest BCUT2D eigenvalue weighted by Crippen LogP contribution is -2.20. The molecular weight excluding hydrogens is 190 g/mol. The lowest BCUT2D eigenvalue weighted by atomic mass is 10.0. The highest BCUT2D eigenvalue weighted by Crippen LogP contribution is 2.17. The number of rotatable bonds is 3. The molecule has 4 heteroatoms. The number of aromatic nitrogens is 2. The molecule has 84 valence electrons. The molecule has 1 aromatic heterocycles. The van der Waals surface area contributed by atoms with Gasteiger partial charge < -0.3 is 10.5 Å². The van der Waals surface area contributed by atoms with Gasteiger partial charge in [-0.05, 0) is 25.7 Å². The zero-order valence-corrected chi connectivity index (χ0v) is 9.22. The van der Waals surface area contributed by atoms with Crippen LogP contribution < -0.4 is 5.73 Å². The summed E-state index contributed by atoms with van der Waals surface area (Å²) in [6.45, 7) is 4.77. The predicted molar refractivity (Wildman–Crippen MR) is 58.4 cm³/mol. The molecule has 1 aliphatic rings. The van der Waals surface area contributed by atoms with Crippen molar-refractivity contribution in [3.8, 4) is 0 Å². The van der Waals surface area contributed by atoms with E-state index in [0.717, 1.165) is 38.2 Å². The molecule has 1 saturated heterocycles. The molecule has 0 unspecified atom stereocenters. The van der Waals surface area contributed by atoms with Gasteiger partial charge in [-0.15, -0.1) is 0 Å². The van der Waals surface area contributed by atoms with Crippen molar-refractivity contribution in [1.29, 1.82) is 0 Å². The fourth-order valence-electron chi connectivity index (χ4n) is 1.91. The first-order chi connectivity index (χ1) is 7.25. The first kappa shape index (κ1) is 10.6. The smallest absolute Gasteiger partial charge is 0.0537 e. The van der Waals surface area contributed by atoms with E-state index >= 15 is 0 Å². The summed E-state index contributed by atoms with van der Waals surface area (Å²) in [6.07, 6.45) is 6.21.